The SMILES string of the molecule is CCCOc1ccc2nn(-c3ccc(N)c(C=NC)c3)c(=O)c(-c3ccc(OC(F)F)cc3)c2n1. The largest absolute Gasteiger partial charge is 0.478 e. The molecule has 0 unspecified atom stereocenters. The maximum absolute atomic E-state index is 13.7. The van der Waals surface area contributed by atoms with Crippen LogP contribution >= 0.6 is 0 Å². The van der Waals surface area contributed by atoms with Gasteiger partial charge in [-0.25, -0.2) is 4.98 Å². The van der Waals surface area contributed by atoms with Gasteiger partial charge in [0.2, 0.25) is 5.88 Å². The monoisotopic (exact) mass is 479 g/mol. The van der Waals surface area contributed by atoms with Crippen molar-refractivity contribution in [3.8, 4) is 28.4 Å². The van der Waals surface area contributed by atoms with Gasteiger partial charge in [-0.05, 0) is 48.4 Å². The van der Waals surface area contributed by atoms with Crippen LogP contribution in [0, 0.1) is 0 Å². The number of alkyl halides is 2. The molecular weight excluding hydrogens is 456 g/mol. The van der Waals surface area contributed by atoms with Crippen LogP contribution in [0.4, 0.5) is 14.5 Å². The van der Waals surface area contributed by atoms with Crippen LogP contribution in [0.1, 0.15) is 18.9 Å². The van der Waals surface area contributed by atoms with E-state index in [4.69, 9.17) is 10.5 Å². The first-order valence-electron chi connectivity index (χ1n) is 10.9. The molecule has 0 aliphatic heterocycles. The van der Waals surface area contributed by atoms with Crippen LogP contribution in [0.25, 0.3) is 27.8 Å². The van der Waals surface area contributed by atoms with E-state index < -0.39 is 12.2 Å². The molecule has 0 saturated carbocycles. The van der Waals surface area contributed by atoms with Gasteiger partial charge in [-0.3, -0.25) is 9.79 Å². The lowest BCUT2D eigenvalue weighted by Crippen LogP contribution is -2.24. The maximum Gasteiger partial charge on any atom is 0.387 e. The van der Waals surface area contributed by atoms with Gasteiger partial charge in [0.05, 0.1) is 17.9 Å². The summed E-state index contributed by atoms with van der Waals surface area (Å²) < 4.78 is 36.5. The molecule has 0 spiro atoms. The number of pyridine rings is 1. The number of rotatable bonds is 8. The molecule has 0 radical (unpaired) electrons. The molecule has 0 aliphatic carbocycles. The van der Waals surface area contributed by atoms with Gasteiger partial charge in [0.1, 0.15) is 16.8 Å². The van der Waals surface area contributed by atoms with Gasteiger partial charge in [-0.15, -0.1) is 0 Å². The van der Waals surface area contributed by atoms with Gasteiger partial charge < -0.3 is 15.2 Å². The lowest BCUT2D eigenvalue weighted by molar-refractivity contribution is -0.0498. The molecule has 0 fully saturated rings. The Hall–Kier alpha value is -4.34. The van der Waals surface area contributed by atoms with Crippen LogP contribution in [-0.2, 0) is 0 Å². The van der Waals surface area contributed by atoms with Crippen LogP contribution in [0.5, 0.6) is 11.6 Å². The Morgan fingerprint density at radius 1 is 1.14 bits per heavy atom. The van der Waals surface area contributed by atoms with Crippen molar-refractivity contribution in [2.45, 2.75) is 20.0 Å². The average molecular weight is 479 g/mol. The van der Waals surface area contributed by atoms with E-state index in [1.807, 2.05) is 6.92 Å². The molecule has 180 valence electrons. The second-order valence-electron chi connectivity index (χ2n) is 7.56. The number of aromatic nitrogens is 3. The van der Waals surface area contributed by atoms with Gasteiger partial charge in [0.25, 0.3) is 5.56 Å². The fourth-order valence-electron chi connectivity index (χ4n) is 3.53. The summed E-state index contributed by atoms with van der Waals surface area (Å²) in [5.74, 6) is 0.329. The van der Waals surface area contributed by atoms with Crippen molar-refractivity contribution in [2.75, 3.05) is 19.4 Å². The second-order valence-corrected chi connectivity index (χ2v) is 7.56. The van der Waals surface area contributed by atoms with Gasteiger partial charge in [0, 0.05) is 30.6 Å². The highest BCUT2D eigenvalue weighted by Gasteiger charge is 2.18. The Labute approximate surface area is 199 Å². The predicted octanol–water partition coefficient (Wildman–Crippen LogP) is 4.47. The topological polar surface area (TPSA) is 105 Å². The zero-order valence-corrected chi connectivity index (χ0v) is 19.1. The number of hydrogen-bond acceptors (Lipinski definition) is 7. The maximum atomic E-state index is 13.7. The van der Waals surface area contributed by atoms with Gasteiger partial charge in [-0.2, -0.15) is 18.6 Å². The van der Waals surface area contributed by atoms with E-state index in [0.29, 0.717) is 46.0 Å². The zero-order valence-electron chi connectivity index (χ0n) is 19.1. The average Bonchev–Trinajstić information content (AvgIpc) is 2.84. The molecule has 2 aromatic heterocycles. The fraction of sp³-hybridized carbons (Fsp3) is 0.200. The van der Waals surface area contributed by atoms with Crippen molar-refractivity contribution in [1.82, 2.24) is 14.8 Å². The zero-order chi connectivity index (χ0) is 24.9. The molecule has 35 heavy (non-hydrogen) atoms. The van der Waals surface area contributed by atoms with Crippen molar-refractivity contribution < 1.29 is 18.3 Å². The normalized spacial score (nSPS) is 11.5. The van der Waals surface area contributed by atoms with Crippen molar-refractivity contribution in [3.63, 3.8) is 0 Å². The summed E-state index contributed by atoms with van der Waals surface area (Å²) in [7, 11) is 1.62. The molecule has 0 bridgehead atoms. The minimum Gasteiger partial charge on any atom is -0.478 e. The number of fused-ring (bicyclic) bond motifs is 1. The molecule has 0 saturated heterocycles. The molecule has 2 N–H and O–H groups in total. The van der Waals surface area contributed by atoms with Crippen LogP contribution in [0.2, 0.25) is 0 Å². The molecule has 4 aromatic rings. The lowest BCUT2D eigenvalue weighted by atomic mass is 10.1. The lowest BCUT2D eigenvalue weighted by Gasteiger charge is -2.13. The van der Waals surface area contributed by atoms with E-state index in [1.165, 1.54) is 28.9 Å². The quantitative estimate of drug-likeness (QED) is 0.295. The Morgan fingerprint density at radius 2 is 1.91 bits per heavy atom. The minimum atomic E-state index is -2.95. The van der Waals surface area contributed by atoms with E-state index in [9.17, 15) is 13.6 Å². The summed E-state index contributed by atoms with van der Waals surface area (Å²) in [5, 5.41) is 4.52. The number of halogens is 2. The predicted molar refractivity (Wildman–Crippen MR) is 131 cm³/mol. The molecule has 2 aromatic carbocycles. The number of ether oxygens (including phenoxy) is 2. The third-order valence-corrected chi connectivity index (χ3v) is 5.10. The van der Waals surface area contributed by atoms with Crippen LogP contribution in [0.15, 0.2) is 64.4 Å². The third kappa shape index (κ3) is 5.11. The standard InChI is InChI=1S/C25H23F2N5O3/c1-3-12-34-21-11-10-20-23(30-21)22(15-4-7-18(8-5-15)35-25(26)27)24(33)32(31-20)17-6-9-19(28)16(13-17)14-29-2/h4-11,13-14,25H,3,12,28H2,1-2H3. The van der Waals surface area contributed by atoms with E-state index in [1.54, 1.807) is 43.6 Å². The summed E-state index contributed by atoms with van der Waals surface area (Å²) in [6, 6.07) is 14.2. The fourth-order valence-corrected chi connectivity index (χ4v) is 3.53. The Bertz CT molecular complexity index is 1440. The number of nitrogens with two attached hydrogens (primary N) is 1. The number of aliphatic imine (C=N–C) groups is 1. The molecule has 8 nitrogen and oxygen atoms in total. The molecule has 0 atom stereocenters. The summed E-state index contributed by atoms with van der Waals surface area (Å²) >= 11 is 0. The van der Waals surface area contributed by atoms with E-state index in [-0.39, 0.29) is 11.3 Å². The minimum absolute atomic E-state index is 0.0237. The van der Waals surface area contributed by atoms with Crippen LogP contribution in [0.3, 0.4) is 0 Å². The van der Waals surface area contributed by atoms with Gasteiger partial charge >= 0.3 is 6.61 Å². The van der Waals surface area contributed by atoms with Crippen LogP contribution in [-0.4, -0.2) is 41.2 Å². The Morgan fingerprint density at radius 3 is 2.60 bits per heavy atom. The molecule has 0 aliphatic rings. The summed E-state index contributed by atoms with van der Waals surface area (Å²) in [6.45, 7) is -0.517. The number of benzene rings is 2. The second kappa shape index (κ2) is 10.3. The van der Waals surface area contributed by atoms with E-state index >= 15 is 0 Å². The highest BCUT2D eigenvalue weighted by atomic mass is 19.3. The van der Waals surface area contributed by atoms with Gasteiger partial charge in [-0.1, -0.05) is 19.1 Å². The van der Waals surface area contributed by atoms with Crippen molar-refractivity contribution in [3.05, 3.63) is 70.5 Å². The number of nitrogen functional groups attached to an aromatic ring is 1. The first-order valence-corrected chi connectivity index (χ1v) is 10.9. The Balaban J connectivity index is 1.95. The van der Waals surface area contributed by atoms with E-state index in [2.05, 4.69) is 19.8 Å². The van der Waals surface area contributed by atoms with Crippen molar-refractivity contribution >= 4 is 22.9 Å². The first kappa shape index (κ1) is 23.8. The highest BCUT2D eigenvalue weighted by molar-refractivity contribution is 5.91. The molecular formula is C25H23F2N5O3. The smallest absolute Gasteiger partial charge is 0.387 e. The number of anilines is 1. The summed E-state index contributed by atoms with van der Waals surface area (Å²) in [6.07, 6.45) is 2.38. The van der Waals surface area contributed by atoms with Crippen molar-refractivity contribution in [2.24, 2.45) is 4.99 Å². The number of nitrogens with zero attached hydrogens (tertiary/aromatic N) is 4. The summed E-state index contributed by atoms with van der Waals surface area (Å²) in [5.41, 5.74) is 8.65. The van der Waals surface area contributed by atoms with Gasteiger partial charge in [0.15, 0.2) is 0 Å². The van der Waals surface area contributed by atoms with E-state index in [0.717, 1.165) is 6.42 Å². The van der Waals surface area contributed by atoms with Crippen molar-refractivity contribution in [1.29, 1.82) is 0 Å². The number of hydrogen-bond donors (Lipinski definition) is 1. The van der Waals surface area contributed by atoms with Crippen LogP contribution < -0.4 is 20.8 Å². The first-order chi connectivity index (χ1) is 16.9. The molecule has 4 rings (SSSR count). The highest BCUT2D eigenvalue weighted by Crippen LogP contribution is 2.28. The summed E-state index contributed by atoms with van der Waals surface area (Å²) in [4.78, 5) is 22.3. The third-order valence-electron chi connectivity index (χ3n) is 5.10. The molecule has 0 amide bonds. The Kier molecular flexibility index (Phi) is 7.00. The molecule has 10 heteroatoms. The molecule has 2 heterocycles.